The molecule has 0 saturated carbocycles. The minimum absolute atomic E-state index is 1.12. The second-order valence-electron chi connectivity index (χ2n) is 23.8. The molecular weight excluding hydrogens is 1030 g/mol. The molecule has 0 aliphatic heterocycles. The van der Waals surface area contributed by atoms with E-state index in [0.717, 1.165) is 17.1 Å². The van der Waals surface area contributed by atoms with Gasteiger partial charge < -0.3 is 18.1 Å². The fraction of sp³-hybridized carbons (Fsp3) is 0.0370. The molecule has 85 heavy (non-hydrogen) atoms. The van der Waals surface area contributed by atoms with E-state index in [9.17, 15) is 0 Å². The summed E-state index contributed by atoms with van der Waals surface area (Å²) >= 11 is 0. The monoisotopic (exact) mass is 1080 g/mol. The summed E-state index contributed by atoms with van der Waals surface area (Å²) in [5, 5.41) is 15.2. The molecule has 0 saturated heterocycles. The Bertz CT molecular complexity index is 5920. The molecule has 0 radical (unpaired) electrons. The van der Waals surface area contributed by atoms with E-state index < -0.39 is 0 Å². The van der Waals surface area contributed by atoms with E-state index in [4.69, 9.17) is 0 Å². The number of hydrogen-bond acceptors (Lipinski definition) is 1. The predicted octanol–water partition coefficient (Wildman–Crippen LogP) is 22.2. The number of fused-ring (bicyclic) bond motifs is 18. The third-order valence-electron chi connectivity index (χ3n) is 19.0. The van der Waals surface area contributed by atoms with Crippen LogP contribution in [0.1, 0.15) is 16.7 Å². The van der Waals surface area contributed by atoms with Crippen molar-refractivity contribution in [3.8, 4) is 44.5 Å². The van der Waals surface area contributed by atoms with Crippen molar-refractivity contribution < 1.29 is 0 Å². The molecule has 0 fully saturated rings. The summed E-state index contributed by atoms with van der Waals surface area (Å²) < 4.78 is 7.60. The predicted molar refractivity (Wildman–Crippen MR) is 361 cm³/mol. The fourth-order valence-corrected chi connectivity index (χ4v) is 15.7. The minimum Gasteiger partial charge on any atom is -0.310 e. The summed E-state index contributed by atoms with van der Waals surface area (Å²) in [6.45, 7) is 6.79. The van der Waals surface area contributed by atoms with E-state index in [1.807, 2.05) is 0 Å². The molecule has 4 nitrogen and oxygen atoms in total. The highest BCUT2D eigenvalue weighted by Crippen LogP contribution is 2.51. The lowest BCUT2D eigenvalue weighted by molar-refractivity contribution is 1.29. The summed E-state index contributed by atoms with van der Waals surface area (Å²) in [6.07, 6.45) is 0. The molecule has 6 heterocycles. The van der Waals surface area contributed by atoms with Gasteiger partial charge in [0.1, 0.15) is 0 Å². The number of anilines is 3. The number of aryl methyl sites for hydroxylation is 3. The lowest BCUT2D eigenvalue weighted by atomic mass is 9.90. The van der Waals surface area contributed by atoms with E-state index in [-0.39, 0.29) is 0 Å². The number of rotatable bonds is 7. The largest absolute Gasteiger partial charge is 0.310 e. The van der Waals surface area contributed by atoms with E-state index in [1.165, 1.54) is 175 Å². The first kappa shape index (κ1) is 46.6. The van der Waals surface area contributed by atoms with Gasteiger partial charge in [0.15, 0.2) is 0 Å². The normalized spacial score (nSPS) is 12.4. The molecular formula is C81H52N4. The second-order valence-corrected chi connectivity index (χ2v) is 23.8. The first-order chi connectivity index (χ1) is 41.9. The van der Waals surface area contributed by atoms with Gasteiger partial charge in [-0.05, 0) is 186 Å². The smallest absolute Gasteiger partial charge is 0.0622 e. The summed E-state index contributed by atoms with van der Waals surface area (Å²) in [7, 11) is 0. The van der Waals surface area contributed by atoms with Crippen molar-refractivity contribution in [2.45, 2.75) is 20.8 Å². The summed E-state index contributed by atoms with van der Waals surface area (Å²) in [5.74, 6) is 0. The average Bonchev–Trinajstić information content (AvgIpc) is 1.59. The molecule has 0 bridgehead atoms. The first-order valence-corrected chi connectivity index (χ1v) is 29.7. The Morgan fingerprint density at radius 1 is 0.247 bits per heavy atom. The van der Waals surface area contributed by atoms with Crippen LogP contribution in [0.25, 0.3) is 159 Å². The van der Waals surface area contributed by atoms with Gasteiger partial charge in [-0.1, -0.05) is 157 Å². The van der Waals surface area contributed by atoms with Crippen molar-refractivity contribution in [3.63, 3.8) is 0 Å². The number of hydrogen-bond donors (Lipinski definition) is 0. The molecule has 4 heteroatoms. The average molecular weight is 1080 g/mol. The fourth-order valence-electron chi connectivity index (χ4n) is 15.7. The molecule has 0 amide bonds. The molecule has 6 aromatic heterocycles. The zero-order valence-electron chi connectivity index (χ0n) is 47.1. The second kappa shape index (κ2) is 17.1. The Kier molecular flexibility index (Phi) is 9.37. The zero-order chi connectivity index (χ0) is 55.9. The Hall–Kier alpha value is -10.9. The van der Waals surface area contributed by atoms with E-state index in [0.29, 0.717) is 0 Å². The van der Waals surface area contributed by atoms with Crippen LogP contribution >= 0.6 is 0 Å². The van der Waals surface area contributed by atoms with Gasteiger partial charge in [0, 0.05) is 81.7 Å². The van der Waals surface area contributed by atoms with Gasteiger partial charge >= 0.3 is 0 Å². The molecule has 0 unspecified atom stereocenters. The minimum atomic E-state index is 1.12. The first-order valence-electron chi connectivity index (χ1n) is 29.7. The van der Waals surface area contributed by atoms with Crippen molar-refractivity contribution in [3.05, 3.63) is 278 Å². The van der Waals surface area contributed by atoms with Crippen LogP contribution in [0, 0.1) is 20.8 Å². The summed E-state index contributed by atoms with van der Waals surface area (Å²) in [5.41, 5.74) is 28.3. The van der Waals surface area contributed by atoms with Crippen LogP contribution in [-0.2, 0) is 0 Å². The third kappa shape index (κ3) is 6.35. The number of aromatic nitrogens is 3. The van der Waals surface area contributed by atoms with Gasteiger partial charge in [0.05, 0.1) is 49.7 Å². The van der Waals surface area contributed by atoms with Gasteiger partial charge in [-0.2, -0.15) is 0 Å². The standard InChI is InChI=1S/C81H52N4/c1-47-37-48(2)76(49(3)38-47)54-43-66-63-40-52(51-33-35-72-62(39-51)65-42-53(50-19-7-4-8-20-50)41-64-58-25-13-15-29-70(58)83(72)79(64)65)34-36-73(63)85-74-31-17-27-60(77(74)68(44-54)80(66)85)61-28-18-32-75-78(61)69-46-57(45-67-59-26-14-16-30-71(59)84(75)81(67)69)82(55-21-9-5-10-22-55)56-23-11-6-12-24-56/h4-46H,1-3H3. The summed E-state index contributed by atoms with van der Waals surface area (Å²) in [4.78, 5) is 2.41. The van der Waals surface area contributed by atoms with Crippen molar-refractivity contribution in [2.24, 2.45) is 0 Å². The third-order valence-corrected chi connectivity index (χ3v) is 19.0. The number of para-hydroxylation sites is 4. The van der Waals surface area contributed by atoms with Crippen molar-refractivity contribution >= 4 is 131 Å². The van der Waals surface area contributed by atoms with Crippen molar-refractivity contribution in [1.82, 2.24) is 13.2 Å². The van der Waals surface area contributed by atoms with Gasteiger partial charge in [0.25, 0.3) is 0 Å². The highest BCUT2D eigenvalue weighted by molar-refractivity contribution is 6.32. The quantitative estimate of drug-likeness (QED) is 0.155. The van der Waals surface area contributed by atoms with E-state index >= 15 is 0 Å². The molecule has 19 rings (SSSR count). The summed E-state index contributed by atoms with van der Waals surface area (Å²) in [6, 6.07) is 98.1. The number of nitrogens with zero attached hydrogens (tertiary/aromatic N) is 4. The van der Waals surface area contributed by atoms with Gasteiger partial charge in [0.2, 0.25) is 0 Å². The maximum atomic E-state index is 2.57. The maximum Gasteiger partial charge on any atom is 0.0622 e. The molecule has 0 spiro atoms. The molecule has 19 aromatic rings. The Labute approximate surface area is 489 Å². The van der Waals surface area contributed by atoms with Crippen LogP contribution in [0.5, 0.6) is 0 Å². The molecule has 0 N–H and O–H groups in total. The van der Waals surface area contributed by atoms with Crippen LogP contribution in [0.3, 0.4) is 0 Å². The molecule has 396 valence electrons. The number of benzene rings is 13. The van der Waals surface area contributed by atoms with Crippen molar-refractivity contribution in [1.29, 1.82) is 0 Å². The van der Waals surface area contributed by atoms with Crippen LogP contribution in [0.4, 0.5) is 17.1 Å². The highest BCUT2D eigenvalue weighted by Gasteiger charge is 2.28. The molecule has 13 aromatic carbocycles. The molecule has 0 aliphatic carbocycles. The van der Waals surface area contributed by atoms with Crippen LogP contribution < -0.4 is 4.90 Å². The Morgan fingerprint density at radius 2 is 0.635 bits per heavy atom. The Morgan fingerprint density at radius 3 is 1.19 bits per heavy atom. The Balaban J connectivity index is 0.868. The maximum absolute atomic E-state index is 2.57. The zero-order valence-corrected chi connectivity index (χ0v) is 47.1. The molecule has 0 atom stereocenters. The van der Waals surface area contributed by atoms with Crippen LogP contribution in [0.15, 0.2) is 261 Å². The van der Waals surface area contributed by atoms with Crippen molar-refractivity contribution in [2.75, 3.05) is 4.90 Å². The van der Waals surface area contributed by atoms with Gasteiger partial charge in [-0.15, -0.1) is 0 Å². The van der Waals surface area contributed by atoms with Crippen LogP contribution in [-0.4, -0.2) is 13.2 Å². The van der Waals surface area contributed by atoms with Crippen LogP contribution in [0.2, 0.25) is 0 Å². The lowest BCUT2D eigenvalue weighted by Gasteiger charge is -2.25. The highest BCUT2D eigenvalue weighted by atomic mass is 15.1. The van der Waals surface area contributed by atoms with Gasteiger partial charge in [-0.25, -0.2) is 0 Å². The van der Waals surface area contributed by atoms with E-state index in [1.54, 1.807) is 0 Å². The lowest BCUT2D eigenvalue weighted by Crippen LogP contribution is -2.09. The topological polar surface area (TPSA) is 16.5 Å². The molecule has 0 aliphatic rings. The SMILES string of the molecule is Cc1cc(C)c(-c2cc3c4cc(-c5ccc6c(c5)c5cc(-c7ccccc7)cc7c8ccccc8n6c75)ccc4n4c5cccc(-c6cccc7c6c6cc(N(c8ccccc8)c8ccccc8)cc8c9ccccc9n7c86)c5c(c2)c34)c(C)c1. The van der Waals surface area contributed by atoms with Gasteiger partial charge in [-0.3, -0.25) is 0 Å². The van der Waals surface area contributed by atoms with E-state index in [2.05, 4.69) is 300 Å².